The van der Waals surface area contributed by atoms with Gasteiger partial charge >= 0.3 is 0 Å². The van der Waals surface area contributed by atoms with Crippen molar-refractivity contribution in [2.24, 2.45) is 5.73 Å². The van der Waals surface area contributed by atoms with Gasteiger partial charge in [-0.1, -0.05) is 6.07 Å². The fourth-order valence-corrected chi connectivity index (χ4v) is 2.43. The first kappa shape index (κ1) is 11.6. The molecule has 1 aromatic rings. The molecule has 16 heavy (non-hydrogen) atoms. The van der Waals surface area contributed by atoms with Crippen molar-refractivity contribution in [3.05, 3.63) is 30.1 Å². The molecule has 3 nitrogen and oxygen atoms in total. The van der Waals surface area contributed by atoms with Crippen LogP contribution in [0.25, 0.3) is 0 Å². The van der Waals surface area contributed by atoms with Crippen molar-refractivity contribution in [3.63, 3.8) is 0 Å². The maximum Gasteiger partial charge on any atom is 0.0693 e. The van der Waals surface area contributed by atoms with Crippen LogP contribution in [0.2, 0.25) is 0 Å². The van der Waals surface area contributed by atoms with Crippen LogP contribution in [0.15, 0.2) is 24.5 Å². The van der Waals surface area contributed by atoms with Crippen LogP contribution in [0.4, 0.5) is 0 Å². The van der Waals surface area contributed by atoms with Crippen LogP contribution in [-0.2, 0) is 11.2 Å². The van der Waals surface area contributed by atoms with Gasteiger partial charge in [0.05, 0.1) is 5.60 Å². The Labute approximate surface area is 97.0 Å². The second-order valence-corrected chi connectivity index (χ2v) is 4.77. The monoisotopic (exact) mass is 220 g/mol. The number of nitrogens with zero attached hydrogens (tertiary/aromatic N) is 1. The molecule has 0 bridgehead atoms. The maximum absolute atomic E-state index is 6.17. The Bertz CT molecular complexity index is 316. The highest BCUT2D eigenvalue weighted by Gasteiger charge is 2.38. The quantitative estimate of drug-likeness (QED) is 0.824. The molecule has 1 fully saturated rings. The zero-order valence-corrected chi connectivity index (χ0v) is 9.86. The lowest BCUT2D eigenvalue weighted by Gasteiger charge is -2.42. The minimum Gasteiger partial charge on any atom is -0.378 e. The maximum atomic E-state index is 6.17. The molecule has 1 atom stereocenters. The molecule has 2 rings (SSSR count). The van der Waals surface area contributed by atoms with Gasteiger partial charge in [-0.2, -0.15) is 0 Å². The molecule has 1 aliphatic rings. The second-order valence-electron chi connectivity index (χ2n) is 4.77. The Morgan fingerprint density at radius 1 is 1.56 bits per heavy atom. The van der Waals surface area contributed by atoms with Gasteiger partial charge in [0.15, 0.2) is 0 Å². The lowest BCUT2D eigenvalue weighted by Crippen LogP contribution is -2.44. The summed E-state index contributed by atoms with van der Waals surface area (Å²) in [4.78, 5) is 4.10. The molecule has 1 heterocycles. The summed E-state index contributed by atoms with van der Waals surface area (Å²) in [5.74, 6) is 0. The molecule has 0 aromatic carbocycles. The van der Waals surface area contributed by atoms with Crippen molar-refractivity contribution in [2.75, 3.05) is 7.11 Å². The van der Waals surface area contributed by atoms with E-state index in [2.05, 4.69) is 11.1 Å². The SMILES string of the molecule is COC1(CC(N)Cc2cccnc2)CCC1. The summed E-state index contributed by atoms with van der Waals surface area (Å²) in [5, 5.41) is 0. The fraction of sp³-hybridized carbons (Fsp3) is 0.615. The molecular formula is C13H20N2O. The Hall–Kier alpha value is -0.930. The summed E-state index contributed by atoms with van der Waals surface area (Å²) in [5.41, 5.74) is 7.45. The average Bonchev–Trinajstić information content (AvgIpc) is 2.25. The van der Waals surface area contributed by atoms with Crippen molar-refractivity contribution in [2.45, 2.75) is 43.7 Å². The van der Waals surface area contributed by atoms with Crippen LogP contribution < -0.4 is 5.73 Å². The molecule has 0 spiro atoms. The Morgan fingerprint density at radius 2 is 2.38 bits per heavy atom. The largest absolute Gasteiger partial charge is 0.378 e. The van der Waals surface area contributed by atoms with Crippen LogP contribution in [0.1, 0.15) is 31.2 Å². The fourth-order valence-electron chi connectivity index (χ4n) is 2.43. The minimum atomic E-state index is 0.0711. The van der Waals surface area contributed by atoms with Gasteiger partial charge in [-0.3, -0.25) is 4.98 Å². The van der Waals surface area contributed by atoms with Gasteiger partial charge in [0.25, 0.3) is 0 Å². The first-order valence-electron chi connectivity index (χ1n) is 5.94. The number of rotatable bonds is 5. The zero-order valence-electron chi connectivity index (χ0n) is 9.86. The van der Waals surface area contributed by atoms with Crippen molar-refractivity contribution >= 4 is 0 Å². The topological polar surface area (TPSA) is 48.1 Å². The molecule has 88 valence electrons. The van der Waals surface area contributed by atoms with Crippen LogP contribution in [0.5, 0.6) is 0 Å². The lowest BCUT2D eigenvalue weighted by atomic mass is 9.75. The van der Waals surface area contributed by atoms with E-state index < -0.39 is 0 Å². The summed E-state index contributed by atoms with van der Waals surface area (Å²) in [7, 11) is 1.80. The summed E-state index contributed by atoms with van der Waals surface area (Å²) in [6, 6.07) is 4.20. The third kappa shape index (κ3) is 2.60. The van der Waals surface area contributed by atoms with E-state index in [0.717, 1.165) is 25.7 Å². The van der Waals surface area contributed by atoms with E-state index in [4.69, 9.17) is 10.5 Å². The van der Waals surface area contributed by atoms with Gasteiger partial charge < -0.3 is 10.5 Å². The standard InChI is InChI=1S/C13H20N2O/c1-16-13(5-3-6-13)9-12(14)8-11-4-2-7-15-10-11/h2,4,7,10,12H,3,5-6,8-9,14H2,1H3. The summed E-state index contributed by atoms with van der Waals surface area (Å²) < 4.78 is 5.59. The third-order valence-corrected chi connectivity index (χ3v) is 3.55. The Morgan fingerprint density at radius 3 is 2.88 bits per heavy atom. The third-order valence-electron chi connectivity index (χ3n) is 3.55. The number of ether oxygens (including phenoxy) is 1. The van der Waals surface area contributed by atoms with Crippen molar-refractivity contribution in [3.8, 4) is 0 Å². The highest BCUT2D eigenvalue weighted by Crippen LogP contribution is 2.38. The first-order valence-corrected chi connectivity index (χ1v) is 5.94. The molecular weight excluding hydrogens is 200 g/mol. The van der Waals surface area contributed by atoms with E-state index in [1.54, 1.807) is 13.3 Å². The lowest BCUT2D eigenvalue weighted by molar-refractivity contribution is -0.0813. The summed E-state index contributed by atoms with van der Waals surface area (Å²) >= 11 is 0. The van der Waals surface area contributed by atoms with E-state index >= 15 is 0 Å². The number of nitrogens with two attached hydrogens (primary N) is 1. The molecule has 2 N–H and O–H groups in total. The Balaban J connectivity index is 1.87. The number of hydrogen-bond donors (Lipinski definition) is 1. The molecule has 0 radical (unpaired) electrons. The minimum absolute atomic E-state index is 0.0711. The van der Waals surface area contributed by atoms with Gasteiger partial charge in [0.2, 0.25) is 0 Å². The van der Waals surface area contributed by atoms with Gasteiger partial charge in [0.1, 0.15) is 0 Å². The van der Waals surface area contributed by atoms with Crippen LogP contribution >= 0.6 is 0 Å². The normalized spacial score (nSPS) is 20.1. The number of aromatic nitrogens is 1. The Kier molecular flexibility index (Phi) is 3.56. The molecule has 1 saturated carbocycles. The molecule has 3 heteroatoms. The van der Waals surface area contributed by atoms with Crippen molar-refractivity contribution in [1.82, 2.24) is 4.98 Å². The van der Waals surface area contributed by atoms with Crippen molar-refractivity contribution in [1.29, 1.82) is 0 Å². The molecule has 0 saturated heterocycles. The molecule has 0 amide bonds. The molecule has 1 unspecified atom stereocenters. The highest BCUT2D eigenvalue weighted by molar-refractivity contribution is 5.10. The molecule has 1 aromatic heterocycles. The smallest absolute Gasteiger partial charge is 0.0693 e. The van der Waals surface area contributed by atoms with Crippen LogP contribution in [-0.4, -0.2) is 23.7 Å². The average molecular weight is 220 g/mol. The van der Waals surface area contributed by atoms with E-state index in [-0.39, 0.29) is 11.6 Å². The molecule has 0 aliphatic heterocycles. The zero-order chi connectivity index (χ0) is 11.4. The van der Waals surface area contributed by atoms with Gasteiger partial charge in [-0.15, -0.1) is 0 Å². The number of pyridine rings is 1. The highest BCUT2D eigenvalue weighted by atomic mass is 16.5. The predicted octanol–water partition coefficient (Wildman–Crippen LogP) is 1.91. The van der Waals surface area contributed by atoms with E-state index in [9.17, 15) is 0 Å². The van der Waals surface area contributed by atoms with E-state index in [1.807, 2.05) is 12.3 Å². The van der Waals surface area contributed by atoms with Gasteiger partial charge in [-0.25, -0.2) is 0 Å². The molecule has 1 aliphatic carbocycles. The number of methoxy groups -OCH3 is 1. The van der Waals surface area contributed by atoms with Crippen LogP contribution in [0.3, 0.4) is 0 Å². The van der Waals surface area contributed by atoms with Crippen LogP contribution in [0, 0.1) is 0 Å². The summed E-state index contributed by atoms with van der Waals surface area (Å²) in [6.07, 6.45) is 9.11. The first-order chi connectivity index (χ1) is 7.74. The van der Waals surface area contributed by atoms with E-state index in [1.165, 1.54) is 12.0 Å². The van der Waals surface area contributed by atoms with Gasteiger partial charge in [0, 0.05) is 25.5 Å². The summed E-state index contributed by atoms with van der Waals surface area (Å²) in [6.45, 7) is 0. The second kappa shape index (κ2) is 4.93. The van der Waals surface area contributed by atoms with E-state index in [0.29, 0.717) is 0 Å². The van der Waals surface area contributed by atoms with Gasteiger partial charge in [-0.05, 0) is 43.7 Å². The predicted molar refractivity (Wildman–Crippen MR) is 64.1 cm³/mol. The van der Waals surface area contributed by atoms with Crippen molar-refractivity contribution < 1.29 is 4.74 Å². The number of hydrogen-bond acceptors (Lipinski definition) is 3.